The second-order valence-electron chi connectivity index (χ2n) is 4.49. The van der Waals surface area contributed by atoms with Crippen LogP contribution < -0.4 is 10.2 Å². The number of benzene rings is 1. The summed E-state index contributed by atoms with van der Waals surface area (Å²) in [5.74, 6) is 0.916. The highest BCUT2D eigenvalue weighted by molar-refractivity contribution is 6.71. The van der Waals surface area contributed by atoms with Gasteiger partial charge in [0, 0.05) is 0 Å². The Morgan fingerprint density at radius 1 is 1.20 bits per heavy atom. The summed E-state index contributed by atoms with van der Waals surface area (Å²) >= 11 is 0. The molecule has 15 heavy (non-hydrogen) atoms. The van der Waals surface area contributed by atoms with E-state index in [1.807, 2.05) is 12.1 Å². The van der Waals surface area contributed by atoms with E-state index in [0.717, 1.165) is 5.75 Å². The molecule has 0 fully saturated rings. The average molecular weight is 222 g/mol. The summed E-state index contributed by atoms with van der Waals surface area (Å²) in [6.45, 7) is 6.70. The molecule has 0 aliphatic rings. The number of unbranched alkanes of at least 4 members (excludes halogenated alkanes) is 1. The van der Waals surface area contributed by atoms with E-state index in [9.17, 15) is 0 Å². The number of hydrogen-bond acceptors (Lipinski definition) is 1. The molecule has 0 aromatic heterocycles. The molecule has 0 atom stereocenters. The van der Waals surface area contributed by atoms with Crippen LogP contribution in [-0.2, 0) is 0 Å². The highest BCUT2D eigenvalue weighted by atomic mass is 28.4. The van der Waals surface area contributed by atoms with Crippen LogP contribution in [0.2, 0.25) is 19.1 Å². The molecule has 1 radical (unpaired) electrons. The van der Waals surface area contributed by atoms with Gasteiger partial charge in [0.25, 0.3) is 0 Å². The van der Waals surface area contributed by atoms with E-state index in [-0.39, 0.29) is 0 Å². The summed E-state index contributed by atoms with van der Waals surface area (Å²) in [6, 6.07) is 8.54. The Hall–Kier alpha value is -0.963. The molecular weight excluding hydrogens is 202 g/mol. The lowest BCUT2D eigenvalue weighted by atomic mass is 10.3. The number of nitrogens with one attached hydrogen (secondary N) is 1. The first-order chi connectivity index (χ1) is 7.03. The van der Waals surface area contributed by atoms with E-state index >= 15 is 0 Å². The van der Waals surface area contributed by atoms with Crippen molar-refractivity contribution in [1.29, 1.82) is 0 Å². The quantitative estimate of drug-likeness (QED) is 0.693. The summed E-state index contributed by atoms with van der Waals surface area (Å²) in [4.78, 5) is 0. The fraction of sp³-hybridized carbons (Fsp3) is 0.500. The fourth-order valence-corrected chi connectivity index (χ4v) is 3.58. The first-order valence-corrected chi connectivity index (χ1v) is 8.66. The molecule has 1 aromatic rings. The summed E-state index contributed by atoms with van der Waals surface area (Å²) in [7, 11) is -1.54. The van der Waals surface area contributed by atoms with Gasteiger partial charge in [-0.3, -0.25) is 0 Å². The molecule has 0 saturated heterocycles. The van der Waals surface area contributed by atoms with Gasteiger partial charge in [-0.15, -0.1) is 0 Å². The Kier molecular flexibility index (Phi) is 4.21. The molecule has 0 unspecified atom stereocenters. The Balaban J connectivity index is 2.56. The third-order valence-electron chi connectivity index (χ3n) is 2.38. The van der Waals surface area contributed by atoms with Crippen molar-refractivity contribution in [3.05, 3.63) is 24.3 Å². The van der Waals surface area contributed by atoms with Crippen LogP contribution >= 0.6 is 0 Å². The van der Waals surface area contributed by atoms with Gasteiger partial charge < -0.3 is 10.2 Å². The number of hydrogen-bond donors (Lipinski definition) is 0. The van der Waals surface area contributed by atoms with Crippen molar-refractivity contribution in [3.63, 3.8) is 0 Å². The normalized spacial score (nSPS) is 11.4. The predicted octanol–water partition coefficient (Wildman–Crippen LogP) is 3.99. The van der Waals surface area contributed by atoms with Crippen LogP contribution in [0.4, 0.5) is 5.69 Å². The van der Waals surface area contributed by atoms with Crippen LogP contribution in [0.1, 0.15) is 19.8 Å². The van der Waals surface area contributed by atoms with E-state index in [1.54, 1.807) is 12.1 Å². The molecule has 1 aromatic carbocycles. The summed E-state index contributed by atoms with van der Waals surface area (Å²) in [5.41, 5.74) is 7.93. The van der Waals surface area contributed by atoms with Crippen molar-refractivity contribution in [2.24, 2.45) is 0 Å². The van der Waals surface area contributed by atoms with Crippen molar-refractivity contribution in [2.75, 3.05) is 0 Å². The first kappa shape index (κ1) is 12.1. The SMILES string of the molecule is CCCC[Si](C)(C)Oc1ccc([NH])cc1. The minimum Gasteiger partial charge on any atom is -0.544 e. The molecule has 83 valence electrons. The van der Waals surface area contributed by atoms with Gasteiger partial charge in [0.05, 0.1) is 5.69 Å². The predicted molar refractivity (Wildman–Crippen MR) is 67.0 cm³/mol. The largest absolute Gasteiger partial charge is 0.544 e. The van der Waals surface area contributed by atoms with Gasteiger partial charge in [-0.2, -0.15) is 0 Å². The molecule has 2 nitrogen and oxygen atoms in total. The molecule has 0 bridgehead atoms. The van der Waals surface area contributed by atoms with Crippen LogP contribution in [0.15, 0.2) is 24.3 Å². The van der Waals surface area contributed by atoms with Crippen molar-refractivity contribution in [2.45, 2.75) is 38.9 Å². The first-order valence-electron chi connectivity index (χ1n) is 5.54. The zero-order valence-electron chi connectivity index (χ0n) is 9.84. The summed E-state index contributed by atoms with van der Waals surface area (Å²) in [5, 5.41) is 0. The minimum absolute atomic E-state index is 0.537. The Morgan fingerprint density at radius 3 is 2.33 bits per heavy atom. The minimum atomic E-state index is -1.54. The van der Waals surface area contributed by atoms with Gasteiger partial charge in [-0.25, -0.2) is 0 Å². The second kappa shape index (κ2) is 5.21. The molecule has 0 aliphatic heterocycles. The van der Waals surface area contributed by atoms with Crippen molar-refractivity contribution in [3.8, 4) is 5.75 Å². The van der Waals surface area contributed by atoms with Crippen LogP contribution in [-0.4, -0.2) is 8.32 Å². The molecule has 1 N–H and O–H groups in total. The van der Waals surface area contributed by atoms with Gasteiger partial charge in [-0.1, -0.05) is 19.8 Å². The van der Waals surface area contributed by atoms with Crippen LogP contribution in [0.25, 0.3) is 0 Å². The van der Waals surface area contributed by atoms with Crippen molar-refractivity contribution < 1.29 is 4.43 Å². The van der Waals surface area contributed by atoms with Crippen LogP contribution in [0.3, 0.4) is 0 Å². The molecule has 0 amide bonds. The van der Waals surface area contributed by atoms with Crippen LogP contribution in [0, 0.1) is 0 Å². The third-order valence-corrected chi connectivity index (χ3v) is 4.73. The molecule has 0 spiro atoms. The van der Waals surface area contributed by atoms with Gasteiger partial charge in [0.15, 0.2) is 0 Å². The number of rotatable bonds is 5. The summed E-state index contributed by atoms with van der Waals surface area (Å²) in [6.07, 6.45) is 2.47. The fourth-order valence-electron chi connectivity index (χ4n) is 1.50. The second-order valence-corrected chi connectivity index (χ2v) is 8.71. The summed E-state index contributed by atoms with van der Waals surface area (Å²) < 4.78 is 6.01. The van der Waals surface area contributed by atoms with Crippen LogP contribution in [0.5, 0.6) is 5.75 Å². The molecule has 0 heterocycles. The van der Waals surface area contributed by atoms with Gasteiger partial charge in [0.2, 0.25) is 8.32 Å². The van der Waals surface area contributed by atoms with Crippen molar-refractivity contribution in [1.82, 2.24) is 5.73 Å². The smallest absolute Gasteiger partial charge is 0.245 e. The highest BCUT2D eigenvalue weighted by Crippen LogP contribution is 2.21. The lowest BCUT2D eigenvalue weighted by molar-refractivity contribution is 0.542. The highest BCUT2D eigenvalue weighted by Gasteiger charge is 2.23. The monoisotopic (exact) mass is 222 g/mol. The van der Waals surface area contributed by atoms with Crippen molar-refractivity contribution >= 4 is 14.0 Å². The zero-order valence-corrected chi connectivity index (χ0v) is 10.8. The Morgan fingerprint density at radius 2 is 1.80 bits per heavy atom. The van der Waals surface area contributed by atoms with E-state index in [1.165, 1.54) is 18.9 Å². The molecule has 0 saturated carbocycles. The Labute approximate surface area is 93.6 Å². The maximum atomic E-state index is 7.39. The average Bonchev–Trinajstić information content (AvgIpc) is 2.18. The lowest BCUT2D eigenvalue weighted by Crippen LogP contribution is -2.33. The lowest BCUT2D eigenvalue weighted by Gasteiger charge is -2.24. The van der Waals surface area contributed by atoms with E-state index < -0.39 is 8.32 Å². The topological polar surface area (TPSA) is 33.0 Å². The van der Waals surface area contributed by atoms with Gasteiger partial charge in [0.1, 0.15) is 5.75 Å². The maximum Gasteiger partial charge on any atom is 0.245 e. The van der Waals surface area contributed by atoms with Gasteiger partial charge >= 0.3 is 0 Å². The molecular formula is C12H20NOSi. The molecule has 0 aliphatic carbocycles. The van der Waals surface area contributed by atoms with E-state index in [4.69, 9.17) is 10.2 Å². The Bertz CT molecular complexity index is 295. The van der Waals surface area contributed by atoms with E-state index in [2.05, 4.69) is 20.0 Å². The molecule has 1 rings (SSSR count). The third kappa shape index (κ3) is 4.38. The van der Waals surface area contributed by atoms with E-state index in [0.29, 0.717) is 5.69 Å². The van der Waals surface area contributed by atoms with Gasteiger partial charge in [-0.05, 0) is 43.4 Å². The maximum absolute atomic E-state index is 7.39. The molecule has 3 heteroatoms. The standard InChI is InChI=1S/C12H20NOSi/c1-4-5-10-15(2,3)14-12-8-6-11(13)7-9-12/h6-9,13H,4-5,10H2,1-3H3. The zero-order chi connectivity index (χ0) is 11.3.